The number of fused-ring (bicyclic) bond motifs is 1. The van der Waals surface area contributed by atoms with E-state index >= 15 is 0 Å². The van der Waals surface area contributed by atoms with Crippen molar-refractivity contribution in [2.45, 2.75) is 0 Å². The molecule has 1 fully saturated rings. The number of amides is 3. The number of carbonyl (C=O) groups is 2. The first-order valence-corrected chi connectivity index (χ1v) is 12.1. The number of anilines is 1. The fourth-order valence-corrected chi connectivity index (χ4v) is 4.52. The van der Waals surface area contributed by atoms with Crippen molar-refractivity contribution in [2.75, 3.05) is 38.6 Å². The van der Waals surface area contributed by atoms with Gasteiger partial charge in [-0.15, -0.1) is 0 Å². The zero-order valence-electron chi connectivity index (χ0n) is 19.8. The Kier molecular flexibility index (Phi) is 6.73. The first-order chi connectivity index (χ1) is 17.5. The number of nitrogens with zero attached hydrogens (tertiary/aromatic N) is 3. The Balaban J connectivity index is 1.33. The van der Waals surface area contributed by atoms with E-state index in [1.54, 1.807) is 47.2 Å². The molecule has 1 saturated heterocycles. The van der Waals surface area contributed by atoms with Crippen molar-refractivity contribution < 1.29 is 14.3 Å². The predicted octanol–water partition coefficient (Wildman–Crippen LogP) is 5.55. The lowest BCUT2D eigenvalue weighted by molar-refractivity contribution is 0.0673. The Morgan fingerprint density at radius 3 is 2.28 bits per heavy atom. The van der Waals surface area contributed by atoms with E-state index in [9.17, 15) is 9.59 Å². The number of benzene rings is 3. The summed E-state index contributed by atoms with van der Waals surface area (Å²) in [5.41, 5.74) is 3.44. The van der Waals surface area contributed by atoms with E-state index in [1.165, 1.54) is 0 Å². The van der Waals surface area contributed by atoms with E-state index in [1.807, 2.05) is 48.5 Å². The zero-order chi connectivity index (χ0) is 25.1. The van der Waals surface area contributed by atoms with Crippen molar-refractivity contribution in [3.05, 3.63) is 89.4 Å². The average molecular weight is 501 g/mol. The summed E-state index contributed by atoms with van der Waals surface area (Å²) in [4.78, 5) is 34.6. The van der Waals surface area contributed by atoms with Crippen LogP contribution in [0.25, 0.3) is 22.2 Å². The SMILES string of the molecule is COc1ccc(NC(=O)N2CCN(C(=O)c3cc(-c4ccccc4)nc4c(Cl)cccc34)CC2)cc1. The topological polar surface area (TPSA) is 74.8 Å². The van der Waals surface area contributed by atoms with E-state index in [0.29, 0.717) is 59.0 Å². The van der Waals surface area contributed by atoms with Gasteiger partial charge in [-0.2, -0.15) is 0 Å². The van der Waals surface area contributed by atoms with E-state index < -0.39 is 0 Å². The Morgan fingerprint density at radius 1 is 0.889 bits per heavy atom. The number of nitrogens with one attached hydrogen (secondary N) is 1. The molecule has 1 aromatic heterocycles. The highest BCUT2D eigenvalue weighted by Gasteiger charge is 2.27. The van der Waals surface area contributed by atoms with Crippen LogP contribution in [-0.2, 0) is 0 Å². The molecule has 182 valence electrons. The van der Waals surface area contributed by atoms with Crippen molar-refractivity contribution in [3.63, 3.8) is 0 Å². The number of rotatable bonds is 4. The molecule has 3 amide bonds. The molecule has 8 heteroatoms. The van der Waals surface area contributed by atoms with Crippen LogP contribution >= 0.6 is 11.6 Å². The maximum Gasteiger partial charge on any atom is 0.321 e. The van der Waals surface area contributed by atoms with Gasteiger partial charge in [0, 0.05) is 42.8 Å². The molecule has 0 atom stereocenters. The Bertz CT molecular complexity index is 1400. The lowest BCUT2D eigenvalue weighted by Crippen LogP contribution is -2.51. The molecule has 0 bridgehead atoms. The first-order valence-electron chi connectivity index (χ1n) is 11.7. The summed E-state index contributed by atoms with van der Waals surface area (Å²) < 4.78 is 5.16. The largest absolute Gasteiger partial charge is 0.497 e. The molecule has 2 heterocycles. The number of carbonyl (C=O) groups excluding carboxylic acids is 2. The minimum absolute atomic E-state index is 0.0999. The van der Waals surface area contributed by atoms with Gasteiger partial charge < -0.3 is 19.9 Å². The van der Waals surface area contributed by atoms with Crippen LogP contribution in [-0.4, -0.2) is 60.0 Å². The summed E-state index contributed by atoms with van der Waals surface area (Å²) in [6.45, 7) is 1.73. The number of aromatic nitrogens is 1. The van der Waals surface area contributed by atoms with Crippen molar-refractivity contribution in [2.24, 2.45) is 0 Å². The van der Waals surface area contributed by atoms with Crippen molar-refractivity contribution >= 4 is 40.1 Å². The Morgan fingerprint density at radius 2 is 1.58 bits per heavy atom. The van der Waals surface area contributed by atoms with Gasteiger partial charge in [0.15, 0.2) is 0 Å². The number of urea groups is 1. The number of ether oxygens (including phenoxy) is 1. The highest BCUT2D eigenvalue weighted by molar-refractivity contribution is 6.35. The van der Waals surface area contributed by atoms with Gasteiger partial charge in [0.1, 0.15) is 5.75 Å². The highest BCUT2D eigenvalue weighted by atomic mass is 35.5. The van der Waals surface area contributed by atoms with Crippen LogP contribution in [0.4, 0.5) is 10.5 Å². The maximum atomic E-state index is 13.7. The van der Waals surface area contributed by atoms with E-state index in [-0.39, 0.29) is 11.9 Å². The number of para-hydroxylation sites is 1. The molecule has 7 nitrogen and oxygen atoms in total. The Labute approximate surface area is 214 Å². The molecular weight excluding hydrogens is 476 g/mol. The number of piperazine rings is 1. The molecule has 1 aliphatic heterocycles. The Hall–Kier alpha value is -4.10. The number of pyridine rings is 1. The van der Waals surface area contributed by atoms with Gasteiger partial charge in [-0.25, -0.2) is 9.78 Å². The quantitative estimate of drug-likeness (QED) is 0.398. The minimum atomic E-state index is -0.195. The number of halogens is 1. The van der Waals surface area contributed by atoms with E-state index in [4.69, 9.17) is 21.3 Å². The maximum absolute atomic E-state index is 13.7. The highest BCUT2D eigenvalue weighted by Crippen LogP contribution is 2.30. The molecule has 36 heavy (non-hydrogen) atoms. The number of methoxy groups -OCH3 is 1. The van der Waals surface area contributed by atoms with Crippen LogP contribution < -0.4 is 10.1 Å². The van der Waals surface area contributed by atoms with Crippen LogP contribution in [0.1, 0.15) is 10.4 Å². The second kappa shape index (κ2) is 10.3. The summed E-state index contributed by atoms with van der Waals surface area (Å²) in [6, 6.07) is 24.0. The number of hydrogen-bond donors (Lipinski definition) is 1. The fourth-order valence-electron chi connectivity index (χ4n) is 4.31. The summed E-state index contributed by atoms with van der Waals surface area (Å²) in [5, 5.41) is 4.11. The van der Waals surface area contributed by atoms with Crippen LogP contribution in [0.2, 0.25) is 5.02 Å². The van der Waals surface area contributed by atoms with Crippen LogP contribution in [0.15, 0.2) is 78.9 Å². The van der Waals surface area contributed by atoms with Gasteiger partial charge in [0.25, 0.3) is 5.91 Å². The van der Waals surface area contributed by atoms with Gasteiger partial charge in [0.05, 0.1) is 28.9 Å². The smallest absolute Gasteiger partial charge is 0.321 e. The molecule has 0 aliphatic carbocycles. The molecule has 0 saturated carbocycles. The van der Waals surface area contributed by atoms with Gasteiger partial charge in [-0.1, -0.05) is 54.1 Å². The number of hydrogen-bond acceptors (Lipinski definition) is 4. The van der Waals surface area contributed by atoms with Gasteiger partial charge in [-0.05, 0) is 36.4 Å². The normalized spacial score (nSPS) is 13.5. The van der Waals surface area contributed by atoms with E-state index in [2.05, 4.69) is 5.32 Å². The predicted molar refractivity (Wildman–Crippen MR) is 142 cm³/mol. The van der Waals surface area contributed by atoms with Crippen LogP contribution in [0.3, 0.4) is 0 Å². The standard InChI is InChI=1S/C28H25ClN4O3/c1-36-21-12-10-20(11-13-21)30-28(35)33-16-14-32(15-17-33)27(34)23-18-25(19-6-3-2-4-7-19)31-26-22(23)8-5-9-24(26)29/h2-13,18H,14-17H2,1H3,(H,30,35). The average Bonchev–Trinajstić information content (AvgIpc) is 2.93. The molecular formula is C28H25ClN4O3. The second-order valence-corrected chi connectivity index (χ2v) is 8.90. The summed E-state index contributed by atoms with van der Waals surface area (Å²) in [5.74, 6) is 0.623. The third kappa shape index (κ3) is 4.83. The van der Waals surface area contributed by atoms with Crippen molar-refractivity contribution in [1.82, 2.24) is 14.8 Å². The van der Waals surface area contributed by atoms with Crippen LogP contribution in [0.5, 0.6) is 5.75 Å². The lowest BCUT2D eigenvalue weighted by atomic mass is 10.0. The molecule has 4 aromatic rings. The monoisotopic (exact) mass is 500 g/mol. The zero-order valence-corrected chi connectivity index (χ0v) is 20.5. The summed E-state index contributed by atoms with van der Waals surface area (Å²) in [6.07, 6.45) is 0. The lowest BCUT2D eigenvalue weighted by Gasteiger charge is -2.35. The van der Waals surface area contributed by atoms with Crippen LogP contribution in [0, 0.1) is 0 Å². The van der Waals surface area contributed by atoms with Crippen molar-refractivity contribution in [1.29, 1.82) is 0 Å². The summed E-state index contributed by atoms with van der Waals surface area (Å²) in [7, 11) is 1.60. The fraction of sp³-hybridized carbons (Fsp3) is 0.179. The molecule has 1 N–H and O–H groups in total. The van der Waals surface area contributed by atoms with Gasteiger partial charge >= 0.3 is 6.03 Å². The summed E-state index contributed by atoms with van der Waals surface area (Å²) >= 11 is 6.47. The van der Waals surface area contributed by atoms with Gasteiger partial charge in [-0.3, -0.25) is 4.79 Å². The molecule has 1 aliphatic rings. The second-order valence-electron chi connectivity index (χ2n) is 8.49. The van der Waals surface area contributed by atoms with Gasteiger partial charge in [0.2, 0.25) is 0 Å². The third-order valence-corrected chi connectivity index (χ3v) is 6.59. The molecule has 0 spiro atoms. The minimum Gasteiger partial charge on any atom is -0.497 e. The first kappa shape index (κ1) is 23.6. The van der Waals surface area contributed by atoms with E-state index in [0.717, 1.165) is 11.3 Å². The third-order valence-electron chi connectivity index (χ3n) is 6.29. The molecule has 0 unspecified atom stereocenters. The molecule has 3 aromatic carbocycles. The molecule has 0 radical (unpaired) electrons. The molecule has 5 rings (SSSR count). The van der Waals surface area contributed by atoms with Crippen molar-refractivity contribution in [3.8, 4) is 17.0 Å².